The van der Waals surface area contributed by atoms with Crippen LogP contribution in [0.4, 0.5) is 0 Å². The summed E-state index contributed by atoms with van der Waals surface area (Å²) < 4.78 is 7.87. The summed E-state index contributed by atoms with van der Waals surface area (Å²) >= 11 is 0. The van der Waals surface area contributed by atoms with E-state index in [1.165, 1.54) is 5.56 Å². The van der Waals surface area contributed by atoms with Crippen molar-refractivity contribution in [1.82, 2.24) is 15.2 Å². The van der Waals surface area contributed by atoms with Crippen molar-refractivity contribution >= 4 is 29.9 Å². The second-order valence-corrected chi connectivity index (χ2v) is 6.16. The zero-order valence-electron chi connectivity index (χ0n) is 16.3. The van der Waals surface area contributed by atoms with Gasteiger partial charge >= 0.3 is 0 Å². The number of benzene rings is 1. The van der Waals surface area contributed by atoms with Gasteiger partial charge in [-0.3, -0.25) is 4.99 Å². The number of nitrogens with one attached hydrogen (secondary N) is 2. The van der Waals surface area contributed by atoms with Gasteiger partial charge in [0.15, 0.2) is 5.96 Å². The molecule has 0 bridgehead atoms. The van der Waals surface area contributed by atoms with E-state index in [1.54, 1.807) is 0 Å². The zero-order valence-corrected chi connectivity index (χ0v) is 18.6. The van der Waals surface area contributed by atoms with Crippen molar-refractivity contribution in [2.75, 3.05) is 32.8 Å². The average molecular weight is 484 g/mol. The number of aromatic nitrogens is 1. The molecule has 0 aliphatic rings. The molecule has 2 rings (SSSR count). The lowest BCUT2D eigenvalue weighted by Gasteiger charge is -2.11. The summed E-state index contributed by atoms with van der Waals surface area (Å²) in [5.74, 6) is 0.893. The minimum absolute atomic E-state index is 0. The molecule has 0 aliphatic carbocycles. The molecule has 0 amide bonds. The Morgan fingerprint density at radius 1 is 1.00 bits per heavy atom. The van der Waals surface area contributed by atoms with E-state index < -0.39 is 0 Å². The van der Waals surface area contributed by atoms with Gasteiger partial charge in [0, 0.05) is 45.2 Å². The van der Waals surface area contributed by atoms with E-state index in [1.807, 2.05) is 18.2 Å². The standard InChI is InChI=1S/C21H32N4O.HI/c1-2-22-21(24-14-17-25-15-7-8-16-25)23-13-6-9-18-26-19-12-20-10-4-3-5-11-20;/h3-5,7-8,10-11,15-16H,2,6,9,12-14,17-19H2,1H3,(H2,22,23,24);1H. The molecule has 2 aromatic rings. The van der Waals surface area contributed by atoms with Crippen LogP contribution < -0.4 is 10.6 Å². The molecular weight excluding hydrogens is 451 g/mol. The third kappa shape index (κ3) is 11.0. The Morgan fingerprint density at radius 2 is 1.78 bits per heavy atom. The predicted octanol–water partition coefficient (Wildman–Crippen LogP) is 3.70. The van der Waals surface area contributed by atoms with Crippen LogP contribution in [-0.2, 0) is 17.7 Å². The van der Waals surface area contributed by atoms with Gasteiger partial charge in [0.2, 0.25) is 0 Å². The summed E-state index contributed by atoms with van der Waals surface area (Å²) in [7, 11) is 0. The number of hydrogen-bond acceptors (Lipinski definition) is 2. The Labute approximate surface area is 180 Å². The van der Waals surface area contributed by atoms with E-state index in [4.69, 9.17) is 4.74 Å². The third-order valence-corrected chi connectivity index (χ3v) is 4.02. The average Bonchev–Trinajstić information content (AvgIpc) is 3.18. The second-order valence-electron chi connectivity index (χ2n) is 6.16. The first-order valence-corrected chi connectivity index (χ1v) is 9.63. The first kappa shape index (κ1) is 23.5. The number of nitrogens with zero attached hydrogens (tertiary/aromatic N) is 2. The smallest absolute Gasteiger partial charge is 0.191 e. The van der Waals surface area contributed by atoms with Gasteiger partial charge in [-0.05, 0) is 43.9 Å². The molecule has 1 heterocycles. The molecular formula is C21H33IN4O. The van der Waals surface area contributed by atoms with Crippen molar-refractivity contribution in [3.05, 3.63) is 60.4 Å². The van der Waals surface area contributed by atoms with Gasteiger partial charge in [-0.15, -0.1) is 24.0 Å². The quantitative estimate of drug-likeness (QED) is 0.209. The molecule has 0 atom stereocenters. The summed E-state index contributed by atoms with van der Waals surface area (Å²) in [4.78, 5) is 4.63. The van der Waals surface area contributed by atoms with Crippen molar-refractivity contribution in [2.45, 2.75) is 32.7 Å². The lowest BCUT2D eigenvalue weighted by molar-refractivity contribution is 0.134. The molecule has 0 fully saturated rings. The Hall–Kier alpha value is -1.54. The number of aliphatic imine (C=N–C) groups is 1. The predicted molar refractivity (Wildman–Crippen MR) is 124 cm³/mol. The summed E-state index contributed by atoms with van der Waals surface area (Å²) in [6.45, 7) is 7.18. The van der Waals surface area contributed by atoms with E-state index in [0.29, 0.717) is 0 Å². The van der Waals surface area contributed by atoms with Crippen LogP contribution in [0, 0.1) is 0 Å². The Kier molecular flexibility index (Phi) is 13.5. The van der Waals surface area contributed by atoms with Gasteiger partial charge in [0.25, 0.3) is 0 Å². The number of rotatable bonds is 12. The lowest BCUT2D eigenvalue weighted by atomic mass is 10.2. The van der Waals surface area contributed by atoms with Crippen LogP contribution in [0.25, 0.3) is 0 Å². The van der Waals surface area contributed by atoms with Crippen molar-refractivity contribution in [3.63, 3.8) is 0 Å². The summed E-state index contributed by atoms with van der Waals surface area (Å²) in [5, 5.41) is 6.67. The molecule has 0 aliphatic heterocycles. The maximum Gasteiger partial charge on any atom is 0.191 e. The molecule has 0 radical (unpaired) electrons. The molecule has 6 heteroatoms. The first-order valence-electron chi connectivity index (χ1n) is 9.63. The topological polar surface area (TPSA) is 50.6 Å². The highest BCUT2D eigenvalue weighted by Gasteiger charge is 1.97. The monoisotopic (exact) mass is 484 g/mol. The fourth-order valence-corrected chi connectivity index (χ4v) is 2.61. The SMILES string of the molecule is CCNC(=NCCCCOCCc1ccccc1)NCCn1cccc1.I. The number of guanidine groups is 1. The van der Waals surface area contributed by atoms with E-state index in [0.717, 1.165) is 64.6 Å². The van der Waals surface area contributed by atoms with E-state index in [2.05, 4.69) is 63.8 Å². The van der Waals surface area contributed by atoms with Gasteiger partial charge in [-0.25, -0.2) is 0 Å². The van der Waals surface area contributed by atoms with Gasteiger partial charge in [0.1, 0.15) is 0 Å². The first-order chi connectivity index (χ1) is 12.9. The lowest BCUT2D eigenvalue weighted by Crippen LogP contribution is -2.38. The van der Waals surface area contributed by atoms with Crippen LogP contribution in [0.2, 0.25) is 0 Å². The summed E-state index contributed by atoms with van der Waals surface area (Å²) in [6, 6.07) is 14.6. The van der Waals surface area contributed by atoms with Crippen LogP contribution in [-0.4, -0.2) is 43.4 Å². The Balaban J connectivity index is 0.00000364. The summed E-state index contributed by atoms with van der Waals surface area (Å²) in [5.41, 5.74) is 1.33. The maximum absolute atomic E-state index is 5.72. The minimum atomic E-state index is 0. The highest BCUT2D eigenvalue weighted by molar-refractivity contribution is 14.0. The molecule has 150 valence electrons. The molecule has 0 saturated heterocycles. The van der Waals surface area contributed by atoms with Crippen LogP contribution >= 0.6 is 24.0 Å². The van der Waals surface area contributed by atoms with Crippen molar-refractivity contribution in [3.8, 4) is 0 Å². The van der Waals surface area contributed by atoms with Gasteiger partial charge in [-0.1, -0.05) is 30.3 Å². The second kappa shape index (κ2) is 15.5. The largest absolute Gasteiger partial charge is 0.381 e. The number of unbranched alkanes of at least 4 members (excludes halogenated alkanes) is 1. The van der Waals surface area contributed by atoms with Gasteiger partial charge in [0.05, 0.1) is 6.61 Å². The van der Waals surface area contributed by atoms with E-state index >= 15 is 0 Å². The molecule has 0 spiro atoms. The van der Waals surface area contributed by atoms with Crippen molar-refractivity contribution < 1.29 is 4.74 Å². The van der Waals surface area contributed by atoms with Crippen LogP contribution in [0.3, 0.4) is 0 Å². The van der Waals surface area contributed by atoms with Crippen LogP contribution in [0.5, 0.6) is 0 Å². The molecule has 5 nitrogen and oxygen atoms in total. The Morgan fingerprint density at radius 3 is 2.52 bits per heavy atom. The van der Waals surface area contributed by atoms with Crippen molar-refractivity contribution in [2.24, 2.45) is 4.99 Å². The Bertz CT molecular complexity index is 602. The molecule has 2 N–H and O–H groups in total. The van der Waals surface area contributed by atoms with Crippen molar-refractivity contribution in [1.29, 1.82) is 0 Å². The molecule has 1 aromatic heterocycles. The molecule has 0 unspecified atom stereocenters. The van der Waals surface area contributed by atoms with Crippen LogP contribution in [0.15, 0.2) is 59.9 Å². The number of ether oxygens (including phenoxy) is 1. The molecule has 27 heavy (non-hydrogen) atoms. The van der Waals surface area contributed by atoms with Gasteiger partial charge < -0.3 is 19.9 Å². The number of halogens is 1. The highest BCUT2D eigenvalue weighted by atomic mass is 127. The third-order valence-electron chi connectivity index (χ3n) is 4.02. The maximum atomic E-state index is 5.72. The van der Waals surface area contributed by atoms with Gasteiger partial charge in [-0.2, -0.15) is 0 Å². The zero-order chi connectivity index (χ0) is 18.3. The minimum Gasteiger partial charge on any atom is -0.381 e. The molecule has 1 aromatic carbocycles. The molecule has 0 saturated carbocycles. The highest BCUT2D eigenvalue weighted by Crippen LogP contribution is 2.00. The normalized spacial score (nSPS) is 11.1. The van der Waals surface area contributed by atoms with Crippen LogP contribution in [0.1, 0.15) is 25.3 Å². The fourth-order valence-electron chi connectivity index (χ4n) is 2.61. The summed E-state index contributed by atoms with van der Waals surface area (Å²) in [6.07, 6.45) is 7.21. The number of hydrogen-bond donors (Lipinski definition) is 2. The van der Waals surface area contributed by atoms with E-state index in [-0.39, 0.29) is 24.0 Å². The fraction of sp³-hybridized carbons (Fsp3) is 0.476. The van der Waals surface area contributed by atoms with E-state index in [9.17, 15) is 0 Å².